The molecule has 11 heteroatoms. The lowest BCUT2D eigenvalue weighted by molar-refractivity contribution is 0.239. The molecular formula is C24H31BN10. The molecule has 0 radical (unpaired) electrons. The van der Waals surface area contributed by atoms with E-state index in [1.54, 1.807) is 12.3 Å². The molecule has 0 saturated carbocycles. The van der Waals surface area contributed by atoms with Gasteiger partial charge in [0, 0.05) is 36.3 Å². The van der Waals surface area contributed by atoms with Crippen LogP contribution in [0.25, 0.3) is 0 Å². The van der Waals surface area contributed by atoms with Crippen LogP contribution in [0.4, 0.5) is 5.82 Å². The molecule has 3 rings (SSSR count). The van der Waals surface area contributed by atoms with E-state index >= 15 is 0 Å². The monoisotopic (exact) mass is 470 g/mol. The van der Waals surface area contributed by atoms with Crippen LogP contribution in [0.15, 0.2) is 41.4 Å². The maximum absolute atomic E-state index is 9.17. The highest BCUT2D eigenvalue weighted by atomic mass is 15.2. The largest absolute Gasteiger partial charge is 0.377 e. The summed E-state index contributed by atoms with van der Waals surface area (Å²) in [5.74, 6) is 3.61. The Bertz CT molecular complexity index is 1100. The van der Waals surface area contributed by atoms with E-state index in [9.17, 15) is 5.26 Å². The fourth-order valence-corrected chi connectivity index (χ4v) is 4.42. The number of anilines is 1. The number of aromatic nitrogens is 2. The molecule has 2 fully saturated rings. The number of nitrogens with one attached hydrogen (secondary N) is 2. The van der Waals surface area contributed by atoms with Gasteiger partial charge >= 0.3 is 0 Å². The zero-order valence-corrected chi connectivity index (χ0v) is 20.3. The summed E-state index contributed by atoms with van der Waals surface area (Å²) in [6, 6.07) is 5.62. The van der Waals surface area contributed by atoms with Crippen molar-refractivity contribution in [1.82, 2.24) is 20.2 Å². The van der Waals surface area contributed by atoms with Crippen LogP contribution < -0.4 is 16.4 Å². The minimum absolute atomic E-state index is 0.101. The molecule has 180 valence electrons. The van der Waals surface area contributed by atoms with Gasteiger partial charge in [0.05, 0.1) is 0 Å². The van der Waals surface area contributed by atoms with Crippen molar-refractivity contribution in [2.45, 2.75) is 63.2 Å². The van der Waals surface area contributed by atoms with E-state index in [1.165, 1.54) is 0 Å². The third-order valence-corrected chi connectivity index (χ3v) is 6.70. The predicted octanol–water partition coefficient (Wildman–Crippen LogP) is 2.55. The summed E-state index contributed by atoms with van der Waals surface area (Å²) in [6.45, 7) is 6.08. The molecule has 0 atom stereocenters. The van der Waals surface area contributed by atoms with Gasteiger partial charge < -0.3 is 21.3 Å². The SMILES string of the molecule is CC1(NC(=C/C=C/N2CCC(C)(Nc3ccnc(C#N)n3)CC2)/N=C(\N)C#N)CCB(C#N)CC1. The molecule has 4 N–H and O–H groups in total. The normalized spacial score (nSPS) is 20.0. The number of amidine groups is 1. The topological polar surface area (TPSA) is 163 Å². The van der Waals surface area contributed by atoms with Crippen LogP contribution in [0.2, 0.25) is 12.6 Å². The Hall–Kier alpha value is -4.04. The molecule has 3 heterocycles. The van der Waals surface area contributed by atoms with Crippen molar-refractivity contribution in [1.29, 1.82) is 15.8 Å². The van der Waals surface area contributed by atoms with Crippen molar-refractivity contribution in [3.05, 3.63) is 42.3 Å². The number of hydrogen-bond acceptors (Lipinski definition) is 9. The fraction of sp³-hybridized carbons (Fsp3) is 0.500. The van der Waals surface area contributed by atoms with Crippen molar-refractivity contribution >= 4 is 18.4 Å². The van der Waals surface area contributed by atoms with E-state index in [1.807, 2.05) is 30.5 Å². The lowest BCUT2D eigenvalue weighted by atomic mass is 9.41. The van der Waals surface area contributed by atoms with Crippen LogP contribution in [0.1, 0.15) is 45.4 Å². The Morgan fingerprint density at radius 2 is 1.89 bits per heavy atom. The number of likely N-dealkylation sites (tertiary alicyclic amines) is 1. The highest BCUT2D eigenvalue weighted by molar-refractivity contribution is 6.67. The molecule has 0 bridgehead atoms. The predicted molar refractivity (Wildman–Crippen MR) is 136 cm³/mol. The number of aliphatic imine (C=N–C) groups is 1. The first-order valence-electron chi connectivity index (χ1n) is 11.8. The van der Waals surface area contributed by atoms with Crippen LogP contribution in [-0.2, 0) is 0 Å². The van der Waals surface area contributed by atoms with Gasteiger partial charge in [-0.2, -0.15) is 10.5 Å². The maximum atomic E-state index is 9.17. The quantitative estimate of drug-likeness (QED) is 0.235. The smallest absolute Gasteiger partial charge is 0.268 e. The third kappa shape index (κ3) is 7.48. The standard InChI is InChI=1S/C24H31BN10/c1-23(6-10-25(18-28)11-7-23)33-20(31-19(29)16-26)4-3-13-35-14-8-24(2,9-15-35)34-21-5-12-30-22(17-27)32-21/h3-5,12-13,33H,6-11,14-15H2,1-2H3,(H2,29,31)(H,30,32,34)/b13-3+,20-4+. The number of piperidine rings is 1. The molecule has 1 aromatic heterocycles. The lowest BCUT2D eigenvalue weighted by Gasteiger charge is -2.40. The number of nitrogens with zero attached hydrogens (tertiary/aromatic N) is 7. The molecule has 0 spiro atoms. The maximum Gasteiger partial charge on any atom is 0.268 e. The first kappa shape index (κ1) is 25.6. The second kappa shape index (κ2) is 11.4. The molecule has 0 aromatic carbocycles. The number of nitriles is 3. The van der Waals surface area contributed by atoms with Crippen molar-refractivity contribution in [3.8, 4) is 18.1 Å². The zero-order chi connectivity index (χ0) is 25.3. The minimum Gasteiger partial charge on any atom is -0.377 e. The van der Waals surface area contributed by atoms with Crippen LogP contribution in [0, 0.1) is 33.9 Å². The summed E-state index contributed by atoms with van der Waals surface area (Å²) >= 11 is 0. The fourth-order valence-electron chi connectivity index (χ4n) is 4.42. The second-order valence-corrected chi connectivity index (χ2v) is 9.69. The summed E-state index contributed by atoms with van der Waals surface area (Å²) in [7, 11) is 0. The van der Waals surface area contributed by atoms with Gasteiger partial charge in [-0.3, -0.25) is 0 Å². The van der Waals surface area contributed by atoms with Crippen molar-refractivity contribution in [2.24, 2.45) is 10.7 Å². The summed E-state index contributed by atoms with van der Waals surface area (Å²) in [4.78, 5) is 14.6. The molecule has 2 aliphatic rings. The molecule has 35 heavy (non-hydrogen) atoms. The molecule has 2 aliphatic heterocycles. The summed E-state index contributed by atoms with van der Waals surface area (Å²) in [5, 5.41) is 34.2. The summed E-state index contributed by atoms with van der Waals surface area (Å²) < 4.78 is 0. The molecule has 0 unspecified atom stereocenters. The number of allylic oxidation sites excluding steroid dienone is 2. The van der Waals surface area contributed by atoms with Gasteiger partial charge in [-0.25, -0.2) is 20.2 Å². The Morgan fingerprint density at radius 1 is 1.17 bits per heavy atom. The Morgan fingerprint density at radius 3 is 2.51 bits per heavy atom. The van der Waals surface area contributed by atoms with E-state index in [-0.39, 0.29) is 29.5 Å². The third-order valence-electron chi connectivity index (χ3n) is 6.70. The van der Waals surface area contributed by atoms with E-state index < -0.39 is 0 Å². The average Bonchev–Trinajstić information content (AvgIpc) is 2.85. The van der Waals surface area contributed by atoms with Crippen molar-refractivity contribution in [3.63, 3.8) is 0 Å². The Kier molecular flexibility index (Phi) is 8.33. The van der Waals surface area contributed by atoms with E-state index in [2.05, 4.69) is 50.3 Å². The van der Waals surface area contributed by atoms with Crippen LogP contribution in [0.5, 0.6) is 0 Å². The highest BCUT2D eigenvalue weighted by Gasteiger charge is 2.33. The highest BCUT2D eigenvalue weighted by Crippen LogP contribution is 2.30. The van der Waals surface area contributed by atoms with Gasteiger partial charge in [0.15, 0.2) is 0 Å². The molecular weight excluding hydrogens is 439 g/mol. The van der Waals surface area contributed by atoms with Crippen LogP contribution in [0.3, 0.4) is 0 Å². The Balaban J connectivity index is 1.60. The van der Waals surface area contributed by atoms with Gasteiger partial charge in [-0.1, -0.05) is 12.6 Å². The first-order valence-corrected chi connectivity index (χ1v) is 11.8. The second-order valence-electron chi connectivity index (χ2n) is 9.69. The van der Waals surface area contributed by atoms with Crippen molar-refractivity contribution < 1.29 is 0 Å². The first-order chi connectivity index (χ1) is 16.8. The van der Waals surface area contributed by atoms with Gasteiger partial charge in [0.1, 0.15) is 23.8 Å². The van der Waals surface area contributed by atoms with E-state index in [4.69, 9.17) is 16.3 Å². The minimum atomic E-state index is -0.197. The van der Waals surface area contributed by atoms with Crippen LogP contribution in [-0.4, -0.2) is 51.6 Å². The average molecular weight is 470 g/mol. The van der Waals surface area contributed by atoms with Crippen LogP contribution >= 0.6 is 0 Å². The van der Waals surface area contributed by atoms with Gasteiger partial charge in [-0.05, 0) is 63.9 Å². The van der Waals surface area contributed by atoms with Gasteiger partial charge in [-0.15, -0.1) is 0 Å². The molecule has 2 saturated heterocycles. The van der Waals surface area contributed by atoms with Crippen molar-refractivity contribution in [2.75, 3.05) is 18.4 Å². The number of nitrogens with two attached hydrogens (primary N) is 1. The van der Waals surface area contributed by atoms with E-state index in [0.29, 0.717) is 11.6 Å². The van der Waals surface area contributed by atoms with E-state index in [0.717, 1.165) is 51.4 Å². The molecule has 0 aliphatic carbocycles. The van der Waals surface area contributed by atoms with Gasteiger partial charge in [0.2, 0.25) is 11.7 Å². The summed E-state index contributed by atoms with van der Waals surface area (Å²) in [6.07, 6.45) is 12.6. The molecule has 10 nitrogen and oxygen atoms in total. The lowest BCUT2D eigenvalue weighted by Crippen LogP contribution is -2.46. The van der Waals surface area contributed by atoms with Gasteiger partial charge in [0.25, 0.3) is 6.71 Å². The number of rotatable bonds is 7. The number of hydrogen-bond donors (Lipinski definition) is 3. The molecule has 1 aromatic rings. The summed E-state index contributed by atoms with van der Waals surface area (Å²) in [5.41, 5.74) is 5.36. The molecule has 0 amide bonds. The Labute approximate surface area is 207 Å². The zero-order valence-electron chi connectivity index (χ0n) is 20.3.